The second-order valence-electron chi connectivity index (χ2n) is 5.30. The van der Waals surface area contributed by atoms with Gasteiger partial charge in [-0.05, 0) is 12.5 Å². The van der Waals surface area contributed by atoms with E-state index in [1.807, 2.05) is 19.1 Å². The number of hydrogen-bond donors (Lipinski definition) is 1. The van der Waals surface area contributed by atoms with Crippen molar-refractivity contribution in [3.63, 3.8) is 0 Å². The van der Waals surface area contributed by atoms with Crippen molar-refractivity contribution >= 4 is 34.8 Å². The molecule has 1 N–H and O–H groups in total. The van der Waals surface area contributed by atoms with Crippen LogP contribution in [0.1, 0.15) is 18.1 Å². The quantitative estimate of drug-likeness (QED) is 0.525. The van der Waals surface area contributed by atoms with Gasteiger partial charge in [0.15, 0.2) is 11.5 Å². The lowest BCUT2D eigenvalue weighted by atomic mass is 10.0. The third-order valence-electron chi connectivity index (χ3n) is 3.55. The Balaban J connectivity index is 2.27. The van der Waals surface area contributed by atoms with Crippen LogP contribution in [0, 0.1) is 0 Å². The third-order valence-corrected chi connectivity index (χ3v) is 4.11. The van der Waals surface area contributed by atoms with Gasteiger partial charge in [-0.1, -0.05) is 52.6 Å². The Hall–Kier alpha value is -2.44. The Kier molecular flexibility index (Phi) is 7.76. The van der Waals surface area contributed by atoms with Gasteiger partial charge in [-0.15, -0.1) is 0 Å². The van der Waals surface area contributed by atoms with Gasteiger partial charge in [-0.25, -0.2) is 0 Å². The van der Waals surface area contributed by atoms with Crippen molar-refractivity contribution in [2.45, 2.75) is 13.5 Å². The molecule has 0 fully saturated rings. The van der Waals surface area contributed by atoms with E-state index in [2.05, 4.69) is 10.5 Å². The zero-order valence-electron chi connectivity index (χ0n) is 15.2. The maximum Gasteiger partial charge on any atom is 0.273 e. The van der Waals surface area contributed by atoms with Crippen molar-refractivity contribution in [3.05, 3.63) is 57.6 Å². The molecule has 0 aromatic heterocycles. The molecule has 2 rings (SSSR count). The molecule has 0 aliphatic heterocycles. The summed E-state index contributed by atoms with van der Waals surface area (Å²) >= 11 is 12.4. The largest absolute Gasteiger partial charge is 0.491 e. The lowest BCUT2D eigenvalue weighted by Gasteiger charge is -2.14. The minimum atomic E-state index is -0.364. The Morgan fingerprint density at radius 2 is 1.81 bits per heavy atom. The van der Waals surface area contributed by atoms with Gasteiger partial charge >= 0.3 is 0 Å². The van der Waals surface area contributed by atoms with Gasteiger partial charge in [-0.2, -0.15) is 0 Å². The van der Waals surface area contributed by atoms with E-state index in [9.17, 15) is 4.79 Å². The number of halogens is 2. The molecule has 2 aromatic rings. The number of benzene rings is 2. The highest BCUT2D eigenvalue weighted by atomic mass is 35.5. The van der Waals surface area contributed by atoms with E-state index < -0.39 is 0 Å². The van der Waals surface area contributed by atoms with E-state index >= 15 is 0 Å². The highest BCUT2D eigenvalue weighted by Crippen LogP contribution is 2.37. The van der Waals surface area contributed by atoms with Crippen molar-refractivity contribution in [1.82, 2.24) is 5.32 Å². The van der Waals surface area contributed by atoms with Crippen molar-refractivity contribution in [1.29, 1.82) is 0 Å². The molecule has 0 spiro atoms. The number of carbonyl (C=O) groups excluding carboxylic acids is 1. The van der Waals surface area contributed by atoms with Crippen LogP contribution in [0.15, 0.2) is 41.6 Å². The van der Waals surface area contributed by atoms with Crippen LogP contribution >= 0.6 is 23.2 Å². The van der Waals surface area contributed by atoms with Gasteiger partial charge in [0.2, 0.25) is 0 Å². The molecule has 1 amide bonds. The first kappa shape index (κ1) is 20.9. The van der Waals surface area contributed by atoms with Crippen molar-refractivity contribution < 1.29 is 19.1 Å². The molecule has 8 heteroatoms. The molecule has 0 unspecified atom stereocenters. The molecule has 6 nitrogen and oxygen atoms in total. The van der Waals surface area contributed by atoms with Crippen LogP contribution in [-0.2, 0) is 16.2 Å². The predicted octanol–water partition coefficient (Wildman–Crippen LogP) is 4.07. The summed E-state index contributed by atoms with van der Waals surface area (Å²) in [6.45, 7) is 2.48. The standard InChI is InChI=1S/C19H20Cl2N2O4/c1-4-26-18-15(20)9-13(10-16(18)21)27-11-12-7-5-6-8-14(12)17(23-25-3)19(24)22-2/h5-10H,4,11H2,1-3H3,(H,22,24). The predicted molar refractivity (Wildman–Crippen MR) is 106 cm³/mol. The molecule has 0 aliphatic rings. The molecule has 2 aromatic carbocycles. The fourth-order valence-corrected chi connectivity index (χ4v) is 2.94. The maximum absolute atomic E-state index is 12.1. The lowest BCUT2D eigenvalue weighted by Crippen LogP contribution is -2.29. The summed E-state index contributed by atoms with van der Waals surface area (Å²) in [6, 6.07) is 10.5. The van der Waals surface area contributed by atoms with Crippen LogP contribution in [0.5, 0.6) is 11.5 Å². The zero-order chi connectivity index (χ0) is 19.8. The first-order valence-corrected chi connectivity index (χ1v) is 8.93. The van der Waals surface area contributed by atoms with Crippen molar-refractivity contribution in [2.24, 2.45) is 5.16 Å². The Bertz CT molecular complexity index is 817. The summed E-state index contributed by atoms with van der Waals surface area (Å²) in [5, 5.41) is 7.10. The zero-order valence-corrected chi connectivity index (χ0v) is 16.7. The third kappa shape index (κ3) is 5.28. The Morgan fingerprint density at radius 3 is 2.41 bits per heavy atom. The molecule has 0 heterocycles. The topological polar surface area (TPSA) is 69.1 Å². The summed E-state index contributed by atoms with van der Waals surface area (Å²) in [5.74, 6) is 0.535. The molecule has 0 radical (unpaired) electrons. The second-order valence-corrected chi connectivity index (χ2v) is 6.11. The number of rotatable bonds is 8. The monoisotopic (exact) mass is 410 g/mol. The Labute approximate surface area is 168 Å². The van der Waals surface area contributed by atoms with Gasteiger partial charge in [0.1, 0.15) is 19.5 Å². The Morgan fingerprint density at radius 1 is 1.15 bits per heavy atom. The van der Waals surface area contributed by atoms with Crippen LogP contribution in [-0.4, -0.2) is 32.4 Å². The van der Waals surface area contributed by atoms with Crippen LogP contribution < -0.4 is 14.8 Å². The molecular weight excluding hydrogens is 391 g/mol. The first-order valence-electron chi connectivity index (χ1n) is 8.17. The van der Waals surface area contributed by atoms with Crippen LogP contribution in [0.25, 0.3) is 0 Å². The highest BCUT2D eigenvalue weighted by Gasteiger charge is 2.18. The molecule has 144 valence electrons. The van der Waals surface area contributed by atoms with Gasteiger partial charge < -0.3 is 19.6 Å². The average molecular weight is 411 g/mol. The molecule has 0 aliphatic carbocycles. The number of likely N-dealkylation sites (N-methyl/N-ethyl adjacent to an activating group) is 1. The van der Waals surface area contributed by atoms with Crippen LogP contribution in [0.4, 0.5) is 0 Å². The van der Waals surface area contributed by atoms with E-state index in [1.54, 1.807) is 24.3 Å². The van der Waals surface area contributed by atoms with Crippen molar-refractivity contribution in [2.75, 3.05) is 20.8 Å². The summed E-state index contributed by atoms with van der Waals surface area (Å²) in [5.41, 5.74) is 1.50. The van der Waals surface area contributed by atoms with Crippen LogP contribution in [0.3, 0.4) is 0 Å². The summed E-state index contributed by atoms with van der Waals surface area (Å²) in [7, 11) is 2.91. The highest BCUT2D eigenvalue weighted by molar-refractivity contribution is 6.45. The first-order chi connectivity index (χ1) is 13.0. The number of nitrogens with zero attached hydrogens (tertiary/aromatic N) is 1. The van der Waals surface area contributed by atoms with E-state index in [4.69, 9.17) is 37.5 Å². The minimum absolute atomic E-state index is 0.155. The van der Waals surface area contributed by atoms with Crippen molar-refractivity contribution in [3.8, 4) is 11.5 Å². The van der Waals surface area contributed by atoms with Crippen LogP contribution in [0.2, 0.25) is 10.0 Å². The number of ether oxygens (including phenoxy) is 2. The minimum Gasteiger partial charge on any atom is -0.491 e. The van der Waals surface area contributed by atoms with E-state index in [-0.39, 0.29) is 18.2 Å². The number of amides is 1. The summed E-state index contributed by atoms with van der Waals surface area (Å²) < 4.78 is 11.2. The number of hydrogen-bond acceptors (Lipinski definition) is 5. The molecular formula is C19H20Cl2N2O4. The fourth-order valence-electron chi connectivity index (χ4n) is 2.36. The molecule has 0 saturated carbocycles. The number of nitrogens with one attached hydrogen (secondary N) is 1. The van der Waals surface area contributed by atoms with E-state index in [0.29, 0.717) is 33.7 Å². The number of oxime groups is 1. The summed E-state index contributed by atoms with van der Waals surface area (Å²) in [6.07, 6.45) is 0. The van der Waals surface area contributed by atoms with Gasteiger partial charge in [-0.3, -0.25) is 4.79 Å². The van der Waals surface area contributed by atoms with E-state index in [0.717, 1.165) is 5.56 Å². The summed E-state index contributed by atoms with van der Waals surface area (Å²) in [4.78, 5) is 16.9. The van der Waals surface area contributed by atoms with Gasteiger partial charge in [0.25, 0.3) is 5.91 Å². The fraction of sp³-hybridized carbons (Fsp3) is 0.263. The van der Waals surface area contributed by atoms with Gasteiger partial charge in [0.05, 0.1) is 16.7 Å². The molecule has 0 bridgehead atoms. The lowest BCUT2D eigenvalue weighted by molar-refractivity contribution is -0.114. The normalized spacial score (nSPS) is 11.1. The molecule has 27 heavy (non-hydrogen) atoms. The van der Waals surface area contributed by atoms with Gasteiger partial charge in [0, 0.05) is 24.7 Å². The average Bonchev–Trinajstić information content (AvgIpc) is 2.67. The molecule has 0 saturated heterocycles. The van der Waals surface area contributed by atoms with E-state index in [1.165, 1.54) is 14.2 Å². The second kappa shape index (κ2) is 10.0. The molecule has 0 atom stereocenters. The number of carbonyl (C=O) groups is 1. The SMILES string of the molecule is CCOc1c(Cl)cc(OCc2ccccc2C(=NOC)C(=O)NC)cc1Cl. The smallest absolute Gasteiger partial charge is 0.273 e. The maximum atomic E-state index is 12.1.